The van der Waals surface area contributed by atoms with Crippen molar-refractivity contribution in [2.24, 2.45) is 5.41 Å². The minimum atomic E-state index is -0.864. The molecule has 0 bridgehead atoms. The average molecular weight is 296 g/mol. The van der Waals surface area contributed by atoms with E-state index in [0.29, 0.717) is 12.8 Å². The maximum atomic E-state index is 11.8. The molecule has 6 heteroatoms. The summed E-state index contributed by atoms with van der Waals surface area (Å²) in [7, 11) is 0. The monoisotopic (exact) mass is 296 g/mol. The number of hydrogen-bond acceptors (Lipinski definition) is 4. The van der Waals surface area contributed by atoms with Crippen molar-refractivity contribution < 1.29 is 14.7 Å². The Labute approximate surface area is 123 Å². The molecule has 0 radical (unpaired) electrons. The van der Waals surface area contributed by atoms with Gasteiger partial charge in [0.05, 0.1) is 11.2 Å². The zero-order chi connectivity index (χ0) is 15.0. The molecule has 2 N–H and O–H groups in total. The molecule has 1 aromatic heterocycles. The second-order valence-electron chi connectivity index (χ2n) is 4.54. The number of aliphatic carboxylic acids is 1. The second kappa shape index (κ2) is 7.89. The van der Waals surface area contributed by atoms with Gasteiger partial charge in [0.2, 0.25) is 5.91 Å². The SMILES string of the molecule is CCC(CC)(CNC(=O)CSc1ccncc1)C(=O)O. The molecule has 1 amide bonds. The van der Waals surface area contributed by atoms with Crippen LogP contribution in [0.5, 0.6) is 0 Å². The summed E-state index contributed by atoms with van der Waals surface area (Å²) in [5, 5.41) is 12.0. The van der Waals surface area contributed by atoms with Crippen LogP contribution in [0.2, 0.25) is 0 Å². The molecule has 0 atom stereocenters. The number of carbonyl (C=O) groups is 2. The number of amides is 1. The standard InChI is InChI=1S/C14H20N2O3S/c1-3-14(4-2,13(18)19)10-16-12(17)9-20-11-5-7-15-8-6-11/h5-8H,3-4,9-10H2,1-2H3,(H,16,17)(H,18,19). The van der Waals surface area contributed by atoms with E-state index >= 15 is 0 Å². The molecule has 0 aromatic carbocycles. The average Bonchev–Trinajstić information content (AvgIpc) is 2.47. The summed E-state index contributed by atoms with van der Waals surface area (Å²) in [6, 6.07) is 3.66. The Morgan fingerprint density at radius 2 is 1.90 bits per heavy atom. The normalized spacial score (nSPS) is 11.1. The first-order valence-electron chi connectivity index (χ1n) is 6.57. The van der Waals surface area contributed by atoms with Crippen LogP contribution in [0.15, 0.2) is 29.4 Å². The Morgan fingerprint density at radius 3 is 2.40 bits per heavy atom. The number of hydrogen-bond donors (Lipinski definition) is 2. The Kier molecular flexibility index (Phi) is 6.51. The van der Waals surface area contributed by atoms with Crippen LogP contribution in [-0.2, 0) is 9.59 Å². The molecule has 0 unspecified atom stereocenters. The third-order valence-corrected chi connectivity index (χ3v) is 4.46. The van der Waals surface area contributed by atoms with Gasteiger partial charge in [-0.15, -0.1) is 11.8 Å². The van der Waals surface area contributed by atoms with Crippen molar-refractivity contribution in [3.63, 3.8) is 0 Å². The van der Waals surface area contributed by atoms with E-state index in [4.69, 9.17) is 0 Å². The van der Waals surface area contributed by atoms with E-state index in [2.05, 4.69) is 10.3 Å². The van der Waals surface area contributed by atoms with E-state index in [1.54, 1.807) is 12.4 Å². The van der Waals surface area contributed by atoms with Gasteiger partial charge in [0.15, 0.2) is 0 Å². The van der Waals surface area contributed by atoms with Gasteiger partial charge >= 0.3 is 5.97 Å². The predicted octanol–water partition coefficient (Wildman–Crippen LogP) is 2.18. The van der Waals surface area contributed by atoms with Crippen LogP contribution in [0.1, 0.15) is 26.7 Å². The zero-order valence-corrected chi connectivity index (χ0v) is 12.6. The van der Waals surface area contributed by atoms with Crippen LogP contribution in [0, 0.1) is 5.41 Å². The van der Waals surface area contributed by atoms with Crippen LogP contribution in [0.4, 0.5) is 0 Å². The molecule has 1 rings (SSSR count). The Morgan fingerprint density at radius 1 is 1.30 bits per heavy atom. The molecule has 1 aromatic rings. The number of thioether (sulfide) groups is 1. The number of pyridine rings is 1. The van der Waals surface area contributed by atoms with Crippen molar-refractivity contribution in [1.29, 1.82) is 0 Å². The van der Waals surface area contributed by atoms with Gasteiger partial charge in [-0.05, 0) is 25.0 Å². The first-order chi connectivity index (χ1) is 9.54. The quantitative estimate of drug-likeness (QED) is 0.719. The van der Waals surface area contributed by atoms with E-state index in [9.17, 15) is 14.7 Å². The highest BCUT2D eigenvalue weighted by atomic mass is 32.2. The molecular weight excluding hydrogens is 276 g/mol. The highest BCUT2D eigenvalue weighted by Gasteiger charge is 2.34. The number of rotatable bonds is 8. The predicted molar refractivity (Wildman–Crippen MR) is 78.6 cm³/mol. The van der Waals surface area contributed by atoms with Crippen molar-refractivity contribution in [3.8, 4) is 0 Å². The van der Waals surface area contributed by atoms with Gasteiger partial charge < -0.3 is 10.4 Å². The first kappa shape index (κ1) is 16.5. The first-order valence-corrected chi connectivity index (χ1v) is 7.55. The van der Waals surface area contributed by atoms with Gasteiger partial charge in [-0.1, -0.05) is 13.8 Å². The van der Waals surface area contributed by atoms with E-state index in [1.807, 2.05) is 26.0 Å². The molecule has 1 heterocycles. The van der Waals surface area contributed by atoms with Crippen LogP contribution >= 0.6 is 11.8 Å². The highest BCUT2D eigenvalue weighted by molar-refractivity contribution is 8.00. The van der Waals surface area contributed by atoms with Crippen LogP contribution in [-0.4, -0.2) is 34.3 Å². The number of carbonyl (C=O) groups excluding carboxylic acids is 1. The minimum absolute atomic E-state index is 0.153. The molecular formula is C14H20N2O3S. The third-order valence-electron chi connectivity index (χ3n) is 3.45. The molecule has 0 saturated carbocycles. The van der Waals surface area contributed by atoms with Crippen molar-refractivity contribution in [1.82, 2.24) is 10.3 Å². The maximum Gasteiger partial charge on any atom is 0.311 e. The Hall–Kier alpha value is -1.56. The zero-order valence-electron chi connectivity index (χ0n) is 11.8. The Bertz CT molecular complexity index is 447. The number of carboxylic acid groups (broad SMARTS) is 1. The van der Waals surface area contributed by atoms with Gasteiger partial charge in [-0.25, -0.2) is 0 Å². The third kappa shape index (κ3) is 4.52. The molecule has 0 aliphatic heterocycles. The molecule has 5 nitrogen and oxygen atoms in total. The fourth-order valence-corrected chi connectivity index (χ4v) is 2.49. The maximum absolute atomic E-state index is 11.8. The largest absolute Gasteiger partial charge is 0.481 e. The van der Waals surface area contributed by atoms with Gasteiger partial charge in [-0.3, -0.25) is 14.6 Å². The molecule has 0 aliphatic carbocycles. The molecule has 110 valence electrons. The van der Waals surface area contributed by atoms with E-state index in [-0.39, 0.29) is 18.2 Å². The van der Waals surface area contributed by atoms with Crippen molar-refractivity contribution in [2.75, 3.05) is 12.3 Å². The number of carboxylic acids is 1. The molecule has 0 saturated heterocycles. The second-order valence-corrected chi connectivity index (χ2v) is 5.59. The Balaban J connectivity index is 2.44. The van der Waals surface area contributed by atoms with Gasteiger partial charge in [0.25, 0.3) is 0 Å². The van der Waals surface area contributed by atoms with E-state index < -0.39 is 11.4 Å². The summed E-state index contributed by atoms with van der Waals surface area (Å²) in [5.41, 5.74) is -0.864. The fourth-order valence-electron chi connectivity index (χ4n) is 1.78. The molecule has 0 aliphatic rings. The topological polar surface area (TPSA) is 79.3 Å². The minimum Gasteiger partial charge on any atom is -0.481 e. The van der Waals surface area contributed by atoms with E-state index in [1.165, 1.54) is 11.8 Å². The van der Waals surface area contributed by atoms with Gasteiger partial charge in [0.1, 0.15) is 0 Å². The van der Waals surface area contributed by atoms with Crippen molar-refractivity contribution in [2.45, 2.75) is 31.6 Å². The summed E-state index contributed by atoms with van der Waals surface area (Å²) < 4.78 is 0. The van der Waals surface area contributed by atoms with E-state index in [0.717, 1.165) is 4.90 Å². The summed E-state index contributed by atoms with van der Waals surface area (Å²) in [5.74, 6) is -0.739. The molecule has 0 spiro atoms. The summed E-state index contributed by atoms with van der Waals surface area (Å²) in [6.07, 6.45) is 4.33. The summed E-state index contributed by atoms with van der Waals surface area (Å²) >= 11 is 1.40. The smallest absolute Gasteiger partial charge is 0.311 e. The van der Waals surface area contributed by atoms with Gasteiger partial charge in [0, 0.05) is 23.8 Å². The summed E-state index contributed by atoms with van der Waals surface area (Å²) in [6.45, 7) is 3.83. The molecule has 0 fully saturated rings. The van der Waals surface area contributed by atoms with Crippen LogP contribution in [0.3, 0.4) is 0 Å². The lowest BCUT2D eigenvalue weighted by Crippen LogP contribution is -2.42. The van der Waals surface area contributed by atoms with Crippen LogP contribution < -0.4 is 5.32 Å². The lowest BCUT2D eigenvalue weighted by molar-refractivity contribution is -0.149. The summed E-state index contributed by atoms with van der Waals surface area (Å²) in [4.78, 5) is 28.0. The molecule has 20 heavy (non-hydrogen) atoms. The van der Waals surface area contributed by atoms with Crippen molar-refractivity contribution in [3.05, 3.63) is 24.5 Å². The van der Waals surface area contributed by atoms with Crippen molar-refractivity contribution >= 4 is 23.6 Å². The lowest BCUT2D eigenvalue weighted by atomic mass is 9.82. The highest BCUT2D eigenvalue weighted by Crippen LogP contribution is 2.25. The number of nitrogens with one attached hydrogen (secondary N) is 1. The fraction of sp³-hybridized carbons (Fsp3) is 0.500. The lowest BCUT2D eigenvalue weighted by Gasteiger charge is -2.26. The number of nitrogens with zero attached hydrogens (tertiary/aromatic N) is 1. The van der Waals surface area contributed by atoms with Crippen LogP contribution in [0.25, 0.3) is 0 Å². The van der Waals surface area contributed by atoms with Gasteiger partial charge in [-0.2, -0.15) is 0 Å². The number of aromatic nitrogens is 1.